The lowest BCUT2D eigenvalue weighted by atomic mass is 9.98. The van der Waals surface area contributed by atoms with Crippen LogP contribution >= 0.6 is 0 Å². The first-order chi connectivity index (χ1) is 8.12. The molecule has 0 radical (unpaired) electrons. The van der Waals surface area contributed by atoms with E-state index in [0.29, 0.717) is 5.92 Å². The molecule has 1 atom stereocenters. The molecule has 18 heavy (non-hydrogen) atoms. The van der Waals surface area contributed by atoms with Crippen LogP contribution in [0.15, 0.2) is 0 Å². The van der Waals surface area contributed by atoms with Crippen molar-refractivity contribution >= 4 is 5.97 Å². The molecule has 1 N–H and O–H groups in total. The molecule has 0 fully saturated rings. The summed E-state index contributed by atoms with van der Waals surface area (Å²) in [5.41, 5.74) is -1.04. The summed E-state index contributed by atoms with van der Waals surface area (Å²) in [6, 6.07) is 0. The summed E-state index contributed by atoms with van der Waals surface area (Å²) in [7, 11) is 0. The molecule has 0 saturated heterocycles. The van der Waals surface area contributed by atoms with Crippen molar-refractivity contribution in [1.82, 2.24) is 5.32 Å². The molecule has 0 aromatic rings. The zero-order chi connectivity index (χ0) is 14.4. The van der Waals surface area contributed by atoms with Crippen LogP contribution in [0.2, 0.25) is 0 Å². The van der Waals surface area contributed by atoms with E-state index in [9.17, 15) is 4.79 Å². The Balaban J connectivity index is 4.33. The second-order valence-corrected chi connectivity index (χ2v) is 6.57. The maximum Gasteiger partial charge on any atom is 0.326 e. The Labute approximate surface area is 113 Å². The average Bonchev–Trinajstić information content (AvgIpc) is 2.21. The van der Waals surface area contributed by atoms with Crippen molar-refractivity contribution in [2.45, 2.75) is 78.9 Å². The van der Waals surface area contributed by atoms with Gasteiger partial charge in [0.1, 0.15) is 11.1 Å². The monoisotopic (exact) mass is 257 g/mol. The number of hydrogen-bond donors (Lipinski definition) is 1. The Bertz CT molecular complexity index is 254. The van der Waals surface area contributed by atoms with Gasteiger partial charge in [0.25, 0.3) is 0 Å². The third-order valence-corrected chi connectivity index (χ3v) is 3.02. The normalized spacial score (nSPS) is 14.4. The predicted octanol–water partition coefficient (Wildman–Crippen LogP) is 3.52. The lowest BCUT2D eigenvalue weighted by molar-refractivity contribution is -0.161. The summed E-state index contributed by atoms with van der Waals surface area (Å²) in [5.74, 6) is 0.457. The minimum Gasteiger partial charge on any atom is -0.459 e. The minimum atomic E-state index is -0.617. The topological polar surface area (TPSA) is 38.3 Å². The number of nitrogens with one attached hydrogen (secondary N) is 1. The molecule has 0 aromatic carbocycles. The van der Waals surface area contributed by atoms with E-state index in [1.54, 1.807) is 0 Å². The molecule has 0 saturated carbocycles. The van der Waals surface area contributed by atoms with Crippen LogP contribution in [0.4, 0.5) is 0 Å². The smallest absolute Gasteiger partial charge is 0.326 e. The molecule has 0 spiro atoms. The first-order valence-corrected chi connectivity index (χ1v) is 7.10. The number of carbonyl (C=O) groups is 1. The van der Waals surface area contributed by atoms with E-state index < -0.39 is 11.1 Å². The maximum absolute atomic E-state index is 12.1. The summed E-state index contributed by atoms with van der Waals surface area (Å²) in [6.07, 6.45) is 3.53. The number of carbonyl (C=O) groups excluding carboxylic acids is 1. The van der Waals surface area contributed by atoms with Crippen molar-refractivity contribution in [2.75, 3.05) is 6.54 Å². The van der Waals surface area contributed by atoms with Gasteiger partial charge in [0, 0.05) is 0 Å². The van der Waals surface area contributed by atoms with Gasteiger partial charge in [-0.2, -0.15) is 0 Å². The molecule has 0 heterocycles. The fourth-order valence-electron chi connectivity index (χ4n) is 1.74. The minimum absolute atomic E-state index is 0.179. The molecule has 0 aliphatic rings. The maximum atomic E-state index is 12.1. The summed E-state index contributed by atoms with van der Waals surface area (Å²) in [6.45, 7) is 14.7. The van der Waals surface area contributed by atoms with E-state index in [1.807, 2.05) is 34.6 Å². The molecule has 0 bridgehead atoms. The second-order valence-electron chi connectivity index (χ2n) is 6.57. The van der Waals surface area contributed by atoms with Gasteiger partial charge in [-0.3, -0.25) is 4.79 Å². The van der Waals surface area contributed by atoms with Gasteiger partial charge in [-0.15, -0.1) is 0 Å². The first-order valence-electron chi connectivity index (χ1n) is 7.10. The van der Waals surface area contributed by atoms with Crippen LogP contribution in [-0.2, 0) is 9.53 Å². The Hall–Kier alpha value is -0.570. The zero-order valence-corrected chi connectivity index (χ0v) is 13.2. The van der Waals surface area contributed by atoms with Crippen molar-refractivity contribution < 1.29 is 9.53 Å². The highest BCUT2D eigenvalue weighted by Gasteiger charge is 2.32. The van der Waals surface area contributed by atoms with Crippen LogP contribution in [0, 0.1) is 5.92 Å². The quantitative estimate of drug-likeness (QED) is 0.709. The van der Waals surface area contributed by atoms with Crippen LogP contribution in [0.25, 0.3) is 0 Å². The standard InChI is InChI=1S/C15H31NO2/c1-8-10-12(9-2)11-16-15(6,7)13(17)18-14(3,4)5/h12,16H,8-11H2,1-7H3. The van der Waals surface area contributed by atoms with Gasteiger partial charge in [0.15, 0.2) is 0 Å². The number of rotatable bonds is 7. The van der Waals surface area contributed by atoms with Crippen molar-refractivity contribution in [3.63, 3.8) is 0 Å². The molecule has 108 valence electrons. The number of hydrogen-bond acceptors (Lipinski definition) is 3. The van der Waals surface area contributed by atoms with Crippen LogP contribution in [0.1, 0.15) is 67.7 Å². The van der Waals surface area contributed by atoms with Gasteiger partial charge in [-0.05, 0) is 53.5 Å². The molecule has 1 unspecified atom stereocenters. The third-order valence-electron chi connectivity index (χ3n) is 3.02. The Morgan fingerprint density at radius 1 is 1.17 bits per heavy atom. The summed E-state index contributed by atoms with van der Waals surface area (Å²) < 4.78 is 5.43. The van der Waals surface area contributed by atoms with Gasteiger partial charge >= 0.3 is 5.97 Å². The summed E-state index contributed by atoms with van der Waals surface area (Å²) in [4.78, 5) is 12.1. The SMILES string of the molecule is CCCC(CC)CNC(C)(C)C(=O)OC(C)(C)C. The Morgan fingerprint density at radius 2 is 1.72 bits per heavy atom. The summed E-state index contributed by atoms with van der Waals surface area (Å²) in [5, 5.41) is 3.34. The van der Waals surface area contributed by atoms with E-state index in [0.717, 1.165) is 13.0 Å². The molecule has 3 nitrogen and oxygen atoms in total. The van der Waals surface area contributed by atoms with E-state index in [4.69, 9.17) is 4.74 Å². The molecule has 0 aliphatic carbocycles. The third kappa shape index (κ3) is 7.00. The number of ether oxygens (including phenoxy) is 1. The Morgan fingerprint density at radius 3 is 2.11 bits per heavy atom. The van der Waals surface area contributed by atoms with Crippen LogP contribution in [0.3, 0.4) is 0 Å². The van der Waals surface area contributed by atoms with Gasteiger partial charge < -0.3 is 10.1 Å². The van der Waals surface area contributed by atoms with E-state index in [-0.39, 0.29) is 5.97 Å². The second kappa shape index (κ2) is 7.13. The van der Waals surface area contributed by atoms with Crippen molar-refractivity contribution in [1.29, 1.82) is 0 Å². The lowest BCUT2D eigenvalue weighted by Gasteiger charge is -2.30. The highest BCUT2D eigenvalue weighted by molar-refractivity contribution is 5.80. The molecular weight excluding hydrogens is 226 g/mol. The fraction of sp³-hybridized carbons (Fsp3) is 0.933. The van der Waals surface area contributed by atoms with Gasteiger partial charge in [0.2, 0.25) is 0 Å². The van der Waals surface area contributed by atoms with Crippen molar-refractivity contribution in [2.24, 2.45) is 5.92 Å². The van der Waals surface area contributed by atoms with Crippen molar-refractivity contribution in [3.05, 3.63) is 0 Å². The van der Waals surface area contributed by atoms with Gasteiger partial charge in [-0.25, -0.2) is 0 Å². The average molecular weight is 257 g/mol. The molecule has 3 heteroatoms. The van der Waals surface area contributed by atoms with Crippen LogP contribution in [0.5, 0.6) is 0 Å². The van der Waals surface area contributed by atoms with Crippen LogP contribution in [-0.4, -0.2) is 23.7 Å². The van der Waals surface area contributed by atoms with E-state index in [2.05, 4.69) is 19.2 Å². The van der Waals surface area contributed by atoms with E-state index in [1.165, 1.54) is 12.8 Å². The molecule has 0 rings (SSSR count). The lowest BCUT2D eigenvalue weighted by Crippen LogP contribution is -2.51. The summed E-state index contributed by atoms with van der Waals surface area (Å²) >= 11 is 0. The Kier molecular flexibility index (Phi) is 6.90. The zero-order valence-electron chi connectivity index (χ0n) is 13.2. The predicted molar refractivity (Wildman–Crippen MR) is 76.6 cm³/mol. The van der Waals surface area contributed by atoms with Crippen molar-refractivity contribution in [3.8, 4) is 0 Å². The molecule has 0 aromatic heterocycles. The highest BCUT2D eigenvalue weighted by Crippen LogP contribution is 2.16. The first kappa shape index (κ1) is 17.4. The van der Waals surface area contributed by atoms with E-state index >= 15 is 0 Å². The molecule has 0 aliphatic heterocycles. The largest absolute Gasteiger partial charge is 0.459 e. The number of esters is 1. The van der Waals surface area contributed by atoms with Crippen LogP contribution < -0.4 is 5.32 Å². The van der Waals surface area contributed by atoms with Gasteiger partial charge in [-0.1, -0.05) is 26.7 Å². The highest BCUT2D eigenvalue weighted by atomic mass is 16.6. The van der Waals surface area contributed by atoms with Gasteiger partial charge in [0.05, 0.1) is 0 Å². The fourth-order valence-corrected chi connectivity index (χ4v) is 1.74. The molecular formula is C15H31NO2. The molecule has 0 amide bonds.